The summed E-state index contributed by atoms with van der Waals surface area (Å²) in [5, 5.41) is 0. The highest BCUT2D eigenvalue weighted by Crippen LogP contribution is 2.24. The minimum atomic E-state index is 0.0122. The van der Waals surface area contributed by atoms with Gasteiger partial charge in [-0.15, -0.1) is 11.6 Å². The van der Waals surface area contributed by atoms with Gasteiger partial charge >= 0.3 is 0 Å². The zero-order valence-electron chi connectivity index (χ0n) is 9.81. The summed E-state index contributed by atoms with van der Waals surface area (Å²) < 4.78 is 0. The van der Waals surface area contributed by atoms with Crippen LogP contribution < -0.4 is 0 Å². The predicted octanol–water partition coefficient (Wildman–Crippen LogP) is 2.71. The van der Waals surface area contributed by atoms with E-state index in [0.29, 0.717) is 24.2 Å². The molecule has 0 saturated heterocycles. The van der Waals surface area contributed by atoms with E-state index in [4.69, 9.17) is 11.6 Å². The Hall–Kier alpha value is -1.09. The number of amides is 1. The fourth-order valence-corrected chi connectivity index (χ4v) is 2.58. The molecular formula is C13H17ClN2O. The largest absolute Gasteiger partial charge is 0.333 e. The monoisotopic (exact) mass is 252 g/mol. The quantitative estimate of drug-likeness (QED) is 0.772. The zero-order valence-corrected chi connectivity index (χ0v) is 10.6. The molecule has 17 heavy (non-hydrogen) atoms. The Bertz CT molecular complexity index is 363. The van der Waals surface area contributed by atoms with Crippen molar-refractivity contribution >= 4 is 17.5 Å². The molecule has 1 aliphatic rings. The van der Waals surface area contributed by atoms with E-state index in [0.717, 1.165) is 12.8 Å². The van der Waals surface area contributed by atoms with Crippen LogP contribution in [0.1, 0.15) is 36.2 Å². The average molecular weight is 253 g/mol. The van der Waals surface area contributed by atoms with Crippen LogP contribution in [0.25, 0.3) is 0 Å². The summed E-state index contributed by atoms with van der Waals surface area (Å²) in [6.07, 6.45) is 6.25. The van der Waals surface area contributed by atoms with Gasteiger partial charge in [0.25, 0.3) is 5.91 Å². The van der Waals surface area contributed by atoms with Crippen LogP contribution in [0.5, 0.6) is 0 Å². The Kier molecular flexibility index (Phi) is 4.37. The van der Waals surface area contributed by atoms with E-state index in [2.05, 4.69) is 4.98 Å². The van der Waals surface area contributed by atoms with Crippen LogP contribution in [0.4, 0.5) is 0 Å². The number of aromatic nitrogens is 1. The van der Waals surface area contributed by atoms with Crippen LogP contribution >= 0.6 is 11.6 Å². The second-order valence-corrected chi connectivity index (χ2v) is 4.72. The molecule has 0 bridgehead atoms. The molecule has 1 saturated carbocycles. The number of nitrogens with zero attached hydrogens (tertiary/aromatic N) is 2. The molecule has 0 N–H and O–H groups in total. The number of carbonyl (C=O) groups is 1. The van der Waals surface area contributed by atoms with E-state index < -0.39 is 0 Å². The van der Waals surface area contributed by atoms with E-state index >= 15 is 0 Å². The smallest absolute Gasteiger partial charge is 0.272 e. The van der Waals surface area contributed by atoms with Gasteiger partial charge in [-0.1, -0.05) is 18.9 Å². The topological polar surface area (TPSA) is 33.2 Å². The first-order valence-corrected chi connectivity index (χ1v) is 6.64. The van der Waals surface area contributed by atoms with E-state index in [1.54, 1.807) is 12.3 Å². The van der Waals surface area contributed by atoms with Crippen LogP contribution in [-0.4, -0.2) is 34.3 Å². The summed E-state index contributed by atoms with van der Waals surface area (Å²) in [5.41, 5.74) is 0.518. The van der Waals surface area contributed by atoms with E-state index in [9.17, 15) is 4.79 Å². The van der Waals surface area contributed by atoms with Gasteiger partial charge in [0.2, 0.25) is 0 Å². The third-order valence-electron chi connectivity index (χ3n) is 3.24. The molecule has 4 heteroatoms. The normalized spacial score (nSPS) is 16.1. The lowest BCUT2D eigenvalue weighted by Crippen LogP contribution is -2.40. The predicted molar refractivity (Wildman–Crippen MR) is 68.2 cm³/mol. The molecule has 1 aromatic rings. The molecule has 92 valence electrons. The maximum Gasteiger partial charge on any atom is 0.272 e. The second kappa shape index (κ2) is 6.01. The van der Waals surface area contributed by atoms with Crippen molar-refractivity contribution < 1.29 is 4.79 Å². The molecular weight excluding hydrogens is 236 g/mol. The molecule has 0 aromatic carbocycles. The van der Waals surface area contributed by atoms with Crippen molar-refractivity contribution in [3.8, 4) is 0 Å². The minimum Gasteiger partial charge on any atom is -0.333 e. The van der Waals surface area contributed by atoms with Crippen molar-refractivity contribution in [1.29, 1.82) is 0 Å². The molecule has 1 aliphatic carbocycles. The highest BCUT2D eigenvalue weighted by atomic mass is 35.5. The van der Waals surface area contributed by atoms with Crippen molar-refractivity contribution in [2.24, 2.45) is 0 Å². The number of hydrogen-bond donors (Lipinski definition) is 0. The Morgan fingerprint density at radius 2 is 2.18 bits per heavy atom. The molecule has 1 amide bonds. The summed E-state index contributed by atoms with van der Waals surface area (Å²) in [5.74, 6) is 0.493. The number of carbonyl (C=O) groups excluding carboxylic acids is 1. The van der Waals surface area contributed by atoms with Crippen LogP contribution in [-0.2, 0) is 0 Å². The molecule has 1 fully saturated rings. The van der Waals surface area contributed by atoms with Crippen molar-refractivity contribution in [1.82, 2.24) is 9.88 Å². The third-order valence-corrected chi connectivity index (χ3v) is 3.40. The minimum absolute atomic E-state index is 0.0122. The van der Waals surface area contributed by atoms with Gasteiger partial charge in [0.1, 0.15) is 5.69 Å². The Morgan fingerprint density at radius 1 is 1.41 bits per heavy atom. The van der Waals surface area contributed by atoms with Gasteiger partial charge in [0, 0.05) is 24.7 Å². The molecule has 0 aliphatic heterocycles. The number of rotatable bonds is 4. The standard InChI is InChI=1S/C13H17ClN2O/c14-8-10-16(11-5-1-2-6-11)13(17)12-7-3-4-9-15-12/h3-4,7,9,11H,1-2,5-6,8,10H2. The second-order valence-electron chi connectivity index (χ2n) is 4.34. The van der Waals surface area contributed by atoms with Crippen molar-refractivity contribution in [2.75, 3.05) is 12.4 Å². The Morgan fingerprint density at radius 3 is 2.76 bits per heavy atom. The van der Waals surface area contributed by atoms with Crippen molar-refractivity contribution in [2.45, 2.75) is 31.7 Å². The van der Waals surface area contributed by atoms with Crippen LogP contribution in [0.2, 0.25) is 0 Å². The number of pyridine rings is 1. The lowest BCUT2D eigenvalue weighted by Gasteiger charge is -2.27. The van der Waals surface area contributed by atoms with Gasteiger partial charge in [0.15, 0.2) is 0 Å². The first-order valence-electron chi connectivity index (χ1n) is 6.11. The lowest BCUT2D eigenvalue weighted by atomic mass is 10.2. The maximum absolute atomic E-state index is 12.3. The average Bonchev–Trinajstić information content (AvgIpc) is 2.90. The SMILES string of the molecule is O=C(c1ccccn1)N(CCCl)C1CCCC1. The highest BCUT2D eigenvalue weighted by Gasteiger charge is 2.27. The molecule has 2 rings (SSSR count). The third kappa shape index (κ3) is 2.97. The Balaban J connectivity index is 2.12. The van der Waals surface area contributed by atoms with Crippen LogP contribution in [0.3, 0.4) is 0 Å². The summed E-state index contributed by atoms with van der Waals surface area (Å²) >= 11 is 5.79. The molecule has 0 radical (unpaired) electrons. The van der Waals surface area contributed by atoms with Gasteiger partial charge in [0.05, 0.1) is 0 Å². The molecule has 1 heterocycles. The summed E-state index contributed by atoms with van der Waals surface area (Å²) in [4.78, 5) is 18.3. The van der Waals surface area contributed by atoms with Gasteiger partial charge in [-0.2, -0.15) is 0 Å². The molecule has 0 atom stereocenters. The van der Waals surface area contributed by atoms with E-state index in [1.807, 2.05) is 17.0 Å². The maximum atomic E-state index is 12.3. The fraction of sp³-hybridized carbons (Fsp3) is 0.538. The first kappa shape index (κ1) is 12.4. The zero-order chi connectivity index (χ0) is 12.1. The lowest BCUT2D eigenvalue weighted by molar-refractivity contribution is 0.0689. The van der Waals surface area contributed by atoms with Crippen LogP contribution in [0.15, 0.2) is 24.4 Å². The number of halogens is 1. The first-order chi connectivity index (χ1) is 8.33. The van der Waals surface area contributed by atoms with Gasteiger partial charge in [-0.05, 0) is 25.0 Å². The molecule has 1 aromatic heterocycles. The fourth-order valence-electron chi connectivity index (χ4n) is 2.39. The molecule has 3 nitrogen and oxygen atoms in total. The van der Waals surface area contributed by atoms with Gasteiger partial charge in [-0.3, -0.25) is 9.78 Å². The summed E-state index contributed by atoms with van der Waals surface area (Å²) in [7, 11) is 0. The summed E-state index contributed by atoms with van der Waals surface area (Å²) in [6, 6.07) is 5.77. The number of hydrogen-bond acceptors (Lipinski definition) is 2. The van der Waals surface area contributed by atoms with Gasteiger partial charge < -0.3 is 4.90 Å². The highest BCUT2D eigenvalue weighted by molar-refractivity contribution is 6.18. The summed E-state index contributed by atoms with van der Waals surface area (Å²) in [6.45, 7) is 0.613. The molecule has 0 unspecified atom stereocenters. The number of alkyl halides is 1. The van der Waals surface area contributed by atoms with Crippen molar-refractivity contribution in [3.63, 3.8) is 0 Å². The van der Waals surface area contributed by atoms with E-state index in [-0.39, 0.29) is 5.91 Å². The Labute approximate surface area is 107 Å². The molecule has 0 spiro atoms. The van der Waals surface area contributed by atoms with Crippen molar-refractivity contribution in [3.05, 3.63) is 30.1 Å². The van der Waals surface area contributed by atoms with Gasteiger partial charge in [-0.25, -0.2) is 0 Å². The van der Waals surface area contributed by atoms with Crippen LogP contribution in [0, 0.1) is 0 Å². The van der Waals surface area contributed by atoms with E-state index in [1.165, 1.54) is 12.8 Å².